The quantitative estimate of drug-likeness (QED) is 0.630. The number of rotatable bonds is 3. The van der Waals surface area contributed by atoms with Crippen molar-refractivity contribution in [3.8, 4) is 17.6 Å². The molecule has 5 rings (SSSR count). The summed E-state index contributed by atoms with van der Waals surface area (Å²) in [4.78, 5) is 16.4. The van der Waals surface area contributed by atoms with Crippen LogP contribution in [0.25, 0.3) is 0 Å². The van der Waals surface area contributed by atoms with E-state index in [0.29, 0.717) is 43.1 Å². The van der Waals surface area contributed by atoms with E-state index in [1.807, 2.05) is 0 Å². The van der Waals surface area contributed by atoms with Crippen LogP contribution in [0.1, 0.15) is 36.8 Å². The molecular weight excluding hydrogens is 483 g/mol. The Labute approximate surface area is 204 Å². The van der Waals surface area contributed by atoms with E-state index in [0.717, 1.165) is 23.5 Å². The van der Waals surface area contributed by atoms with Gasteiger partial charge in [-0.15, -0.1) is 0 Å². The summed E-state index contributed by atoms with van der Waals surface area (Å²) in [5.41, 5.74) is -2.14. The van der Waals surface area contributed by atoms with Crippen LogP contribution in [-0.2, 0) is 11.0 Å². The van der Waals surface area contributed by atoms with Gasteiger partial charge in [0.1, 0.15) is 11.6 Å². The second-order valence-corrected chi connectivity index (χ2v) is 9.04. The molecule has 7 nitrogen and oxygen atoms in total. The fourth-order valence-electron chi connectivity index (χ4n) is 4.72. The minimum Gasteiger partial charge on any atom is -0.489 e. The molecule has 182 valence electrons. The number of fused-ring (bicyclic) bond motifs is 1. The number of anilines is 2. The number of thiocarbonyl (C=S) groups is 1. The normalized spacial score (nSPS) is 21.1. The third kappa shape index (κ3) is 3.68. The van der Waals surface area contributed by atoms with Crippen molar-refractivity contribution >= 4 is 34.6 Å². The lowest BCUT2D eigenvalue weighted by Gasteiger charge is -2.43. The second-order valence-electron chi connectivity index (χ2n) is 8.67. The average Bonchev–Trinajstić information content (AvgIpc) is 2.92. The van der Waals surface area contributed by atoms with Crippen molar-refractivity contribution in [2.24, 2.45) is 0 Å². The van der Waals surface area contributed by atoms with Crippen LogP contribution in [0.15, 0.2) is 36.4 Å². The van der Waals surface area contributed by atoms with Gasteiger partial charge in [-0.25, -0.2) is 0 Å². The number of alkyl halides is 3. The number of nitriles is 1. The van der Waals surface area contributed by atoms with E-state index in [-0.39, 0.29) is 17.4 Å². The Morgan fingerprint density at radius 2 is 1.91 bits per heavy atom. The number of aliphatic hydroxyl groups is 1. The van der Waals surface area contributed by atoms with Gasteiger partial charge in [-0.05, 0) is 61.8 Å². The number of carbonyl (C=O) groups excluding carboxylic acids is 1. The maximum Gasteiger partial charge on any atom is 0.417 e. The molecule has 35 heavy (non-hydrogen) atoms. The van der Waals surface area contributed by atoms with Gasteiger partial charge < -0.3 is 19.5 Å². The Morgan fingerprint density at radius 1 is 1.17 bits per heavy atom. The molecule has 0 aromatic heterocycles. The molecule has 1 saturated carbocycles. The number of nitrogens with zero attached hydrogens (tertiary/aromatic N) is 3. The smallest absolute Gasteiger partial charge is 0.417 e. The number of hydrogen-bond acceptors (Lipinski definition) is 6. The minimum absolute atomic E-state index is 0.0415. The van der Waals surface area contributed by atoms with E-state index in [1.165, 1.54) is 6.07 Å². The Bertz CT molecular complexity index is 1260. The van der Waals surface area contributed by atoms with Crippen LogP contribution in [0.2, 0.25) is 0 Å². The molecule has 1 spiro atoms. The third-order valence-corrected chi connectivity index (χ3v) is 7.03. The first-order valence-corrected chi connectivity index (χ1v) is 11.4. The van der Waals surface area contributed by atoms with Crippen LogP contribution in [0.4, 0.5) is 24.5 Å². The molecule has 1 N–H and O–H groups in total. The van der Waals surface area contributed by atoms with Crippen molar-refractivity contribution in [1.82, 2.24) is 0 Å². The summed E-state index contributed by atoms with van der Waals surface area (Å²) in [5, 5.41) is 18.6. The van der Waals surface area contributed by atoms with Crippen LogP contribution < -0.4 is 19.3 Å². The number of carbonyl (C=O) groups is 1. The summed E-state index contributed by atoms with van der Waals surface area (Å²) < 4.78 is 52.3. The molecule has 2 heterocycles. The lowest BCUT2D eigenvalue weighted by molar-refractivity contribution is -0.137. The number of halogens is 3. The van der Waals surface area contributed by atoms with Gasteiger partial charge in [0.2, 0.25) is 0 Å². The van der Waals surface area contributed by atoms with Crippen molar-refractivity contribution in [2.45, 2.75) is 43.5 Å². The number of benzene rings is 2. The Balaban J connectivity index is 1.56. The molecular formula is C24H20F3N3O4S. The van der Waals surface area contributed by atoms with Gasteiger partial charge in [0.25, 0.3) is 5.91 Å². The molecule has 0 bridgehead atoms. The van der Waals surface area contributed by atoms with Crippen LogP contribution >= 0.6 is 12.2 Å². The SMILES string of the molecule is N#Cc1ccc(N2C(=O)C3(CCC3)N(c3ccc4c(c3)OCCC(CO)O4)C2=S)cc1C(F)(F)F. The largest absolute Gasteiger partial charge is 0.489 e. The van der Waals surface area contributed by atoms with E-state index in [1.54, 1.807) is 29.2 Å². The zero-order chi connectivity index (χ0) is 25.0. The molecule has 1 saturated heterocycles. The summed E-state index contributed by atoms with van der Waals surface area (Å²) in [5.74, 6) is 0.474. The molecule has 1 unspecified atom stereocenters. The van der Waals surface area contributed by atoms with E-state index < -0.39 is 34.9 Å². The van der Waals surface area contributed by atoms with Crippen molar-refractivity contribution in [3.63, 3.8) is 0 Å². The van der Waals surface area contributed by atoms with Gasteiger partial charge in [0.05, 0.1) is 36.1 Å². The van der Waals surface area contributed by atoms with E-state index in [9.17, 15) is 23.1 Å². The molecule has 3 aliphatic rings. The van der Waals surface area contributed by atoms with Crippen LogP contribution in [0.3, 0.4) is 0 Å². The maximum absolute atomic E-state index is 13.6. The van der Waals surface area contributed by atoms with E-state index in [4.69, 9.17) is 27.0 Å². The first-order valence-electron chi connectivity index (χ1n) is 11.0. The Hall–Kier alpha value is -3.36. The first kappa shape index (κ1) is 23.4. The third-order valence-electron chi connectivity index (χ3n) is 6.66. The molecule has 2 fully saturated rings. The summed E-state index contributed by atoms with van der Waals surface area (Å²) in [6.45, 7) is 0.172. The van der Waals surface area contributed by atoms with Crippen molar-refractivity contribution in [3.05, 3.63) is 47.5 Å². The van der Waals surface area contributed by atoms with Crippen LogP contribution in [0, 0.1) is 11.3 Å². The molecule has 1 atom stereocenters. The van der Waals surface area contributed by atoms with Crippen LogP contribution in [0.5, 0.6) is 11.5 Å². The zero-order valence-electron chi connectivity index (χ0n) is 18.3. The lowest BCUT2D eigenvalue weighted by Crippen LogP contribution is -2.55. The Morgan fingerprint density at radius 3 is 2.54 bits per heavy atom. The lowest BCUT2D eigenvalue weighted by atomic mass is 9.75. The number of aliphatic hydroxyl groups excluding tert-OH is 1. The number of hydrogen-bond donors (Lipinski definition) is 1. The van der Waals surface area contributed by atoms with Gasteiger partial charge in [-0.1, -0.05) is 0 Å². The monoisotopic (exact) mass is 503 g/mol. The molecule has 11 heteroatoms. The summed E-state index contributed by atoms with van der Waals surface area (Å²) in [6, 6.07) is 9.77. The Kier molecular flexibility index (Phi) is 5.61. The molecule has 0 radical (unpaired) electrons. The topological polar surface area (TPSA) is 86.0 Å². The van der Waals surface area contributed by atoms with Gasteiger partial charge in [-0.3, -0.25) is 9.69 Å². The van der Waals surface area contributed by atoms with Gasteiger partial charge in [0, 0.05) is 18.2 Å². The molecule has 2 aromatic rings. The predicted octanol–water partition coefficient (Wildman–Crippen LogP) is 4.16. The van der Waals surface area contributed by atoms with E-state index >= 15 is 0 Å². The summed E-state index contributed by atoms with van der Waals surface area (Å²) in [7, 11) is 0. The minimum atomic E-state index is -4.76. The average molecular weight is 504 g/mol. The fourth-order valence-corrected chi connectivity index (χ4v) is 5.19. The fraction of sp³-hybridized carbons (Fsp3) is 0.375. The predicted molar refractivity (Wildman–Crippen MR) is 123 cm³/mol. The molecule has 2 aromatic carbocycles. The molecule has 2 aliphatic heterocycles. The van der Waals surface area contributed by atoms with Gasteiger partial charge >= 0.3 is 6.18 Å². The first-order chi connectivity index (χ1) is 16.7. The number of amides is 1. The highest BCUT2D eigenvalue weighted by Crippen LogP contribution is 2.49. The zero-order valence-corrected chi connectivity index (χ0v) is 19.2. The van der Waals surface area contributed by atoms with Crippen molar-refractivity contribution in [1.29, 1.82) is 5.26 Å². The van der Waals surface area contributed by atoms with Crippen molar-refractivity contribution < 1.29 is 32.5 Å². The number of ether oxygens (including phenoxy) is 2. The summed E-state index contributed by atoms with van der Waals surface area (Å²) in [6.07, 6.45) is -2.91. The standard InChI is InChI=1S/C24H20F3N3O4S/c25-24(26,27)18-10-15(3-2-14(18)12-28)29-21(32)23(7-1-8-23)30(22(29)35)16-4-5-19-20(11-16)33-9-6-17(13-31)34-19/h2-5,10-11,17,31H,1,6-9,13H2. The van der Waals surface area contributed by atoms with Gasteiger partial charge in [0.15, 0.2) is 16.6 Å². The maximum atomic E-state index is 13.6. The van der Waals surface area contributed by atoms with Crippen LogP contribution in [-0.4, -0.2) is 41.0 Å². The molecule has 1 amide bonds. The molecule has 1 aliphatic carbocycles. The highest BCUT2D eigenvalue weighted by Gasteiger charge is 2.59. The second kappa shape index (κ2) is 8.39. The highest BCUT2D eigenvalue weighted by atomic mass is 32.1. The highest BCUT2D eigenvalue weighted by molar-refractivity contribution is 7.81. The van der Waals surface area contributed by atoms with Crippen molar-refractivity contribution in [2.75, 3.05) is 23.0 Å². The van der Waals surface area contributed by atoms with E-state index in [2.05, 4.69) is 0 Å². The summed E-state index contributed by atoms with van der Waals surface area (Å²) >= 11 is 5.65. The van der Waals surface area contributed by atoms with Gasteiger partial charge in [-0.2, -0.15) is 18.4 Å².